The number of hydrogen-bond donors (Lipinski definition) is 1. The third kappa shape index (κ3) is 5.33. The van der Waals surface area contributed by atoms with Crippen molar-refractivity contribution in [3.63, 3.8) is 0 Å². The summed E-state index contributed by atoms with van der Waals surface area (Å²) in [4.78, 5) is 2.40. The van der Waals surface area contributed by atoms with Gasteiger partial charge in [-0.25, -0.2) is 0 Å². The molecule has 17 heavy (non-hydrogen) atoms. The lowest BCUT2D eigenvalue weighted by Crippen LogP contribution is -2.23. The zero-order valence-electron chi connectivity index (χ0n) is 11.5. The van der Waals surface area contributed by atoms with Crippen molar-refractivity contribution in [3.8, 4) is 0 Å². The smallest absolute Gasteiger partial charge is 0.00189 e. The predicted molar refractivity (Wildman–Crippen MR) is 75.4 cm³/mol. The van der Waals surface area contributed by atoms with Crippen LogP contribution in [0, 0.1) is 13.8 Å². The van der Waals surface area contributed by atoms with Crippen molar-refractivity contribution in [3.05, 3.63) is 34.9 Å². The summed E-state index contributed by atoms with van der Waals surface area (Å²) in [7, 11) is 2.19. The molecular weight excluding hydrogens is 208 g/mol. The molecule has 0 saturated carbocycles. The number of rotatable bonds is 7. The lowest BCUT2D eigenvalue weighted by molar-refractivity contribution is 0.330. The largest absolute Gasteiger partial charge is 0.330 e. The van der Waals surface area contributed by atoms with Crippen LogP contribution in [-0.4, -0.2) is 31.6 Å². The summed E-state index contributed by atoms with van der Waals surface area (Å²) in [6, 6.07) is 6.74. The van der Waals surface area contributed by atoms with Crippen LogP contribution in [0.1, 0.15) is 29.5 Å². The topological polar surface area (TPSA) is 29.3 Å². The molecule has 0 aliphatic heterocycles. The molecule has 1 aromatic carbocycles. The molecule has 0 unspecified atom stereocenters. The average Bonchev–Trinajstić information content (AvgIpc) is 2.28. The lowest BCUT2D eigenvalue weighted by Gasteiger charge is -2.17. The van der Waals surface area contributed by atoms with Gasteiger partial charge in [0.2, 0.25) is 0 Å². The third-order valence-corrected chi connectivity index (χ3v) is 3.25. The van der Waals surface area contributed by atoms with Gasteiger partial charge >= 0.3 is 0 Å². The first-order chi connectivity index (χ1) is 8.13. The molecule has 0 heterocycles. The minimum Gasteiger partial charge on any atom is -0.330 e. The van der Waals surface area contributed by atoms with Gasteiger partial charge in [0.1, 0.15) is 0 Å². The predicted octanol–water partition coefficient (Wildman–Crippen LogP) is 2.52. The summed E-state index contributed by atoms with van der Waals surface area (Å²) >= 11 is 0. The van der Waals surface area contributed by atoms with Gasteiger partial charge in [0.25, 0.3) is 0 Å². The first kappa shape index (κ1) is 14.2. The van der Waals surface area contributed by atoms with Crippen LogP contribution in [-0.2, 0) is 6.42 Å². The number of nitrogens with zero attached hydrogens (tertiary/aromatic N) is 1. The summed E-state index contributed by atoms with van der Waals surface area (Å²) in [6.07, 6.45) is 3.49. The van der Waals surface area contributed by atoms with Crippen LogP contribution in [0.2, 0.25) is 0 Å². The van der Waals surface area contributed by atoms with E-state index >= 15 is 0 Å². The van der Waals surface area contributed by atoms with E-state index in [1.807, 2.05) is 0 Å². The molecule has 0 atom stereocenters. The van der Waals surface area contributed by atoms with Crippen molar-refractivity contribution < 1.29 is 0 Å². The van der Waals surface area contributed by atoms with Crippen LogP contribution in [0.25, 0.3) is 0 Å². The van der Waals surface area contributed by atoms with Gasteiger partial charge in [-0.15, -0.1) is 0 Å². The van der Waals surface area contributed by atoms with Crippen molar-refractivity contribution in [1.82, 2.24) is 4.90 Å². The molecule has 0 aromatic heterocycles. The second-order valence-electron chi connectivity index (χ2n) is 4.98. The Morgan fingerprint density at radius 1 is 1.12 bits per heavy atom. The standard InChI is InChI=1S/C15H26N2/c1-13-6-7-15(14(2)12-13)8-11-17(3)10-5-4-9-16/h6-7,12H,4-5,8-11,16H2,1-3H3. The highest BCUT2D eigenvalue weighted by Crippen LogP contribution is 2.11. The monoisotopic (exact) mass is 234 g/mol. The van der Waals surface area contributed by atoms with Gasteiger partial charge < -0.3 is 10.6 Å². The zero-order chi connectivity index (χ0) is 12.7. The van der Waals surface area contributed by atoms with Crippen LogP contribution in [0.4, 0.5) is 0 Å². The molecule has 2 N–H and O–H groups in total. The van der Waals surface area contributed by atoms with Crippen molar-refractivity contribution in [2.45, 2.75) is 33.1 Å². The van der Waals surface area contributed by atoms with Gasteiger partial charge in [-0.2, -0.15) is 0 Å². The Kier molecular flexibility index (Phi) is 6.23. The number of nitrogens with two attached hydrogens (primary N) is 1. The van der Waals surface area contributed by atoms with E-state index in [9.17, 15) is 0 Å². The summed E-state index contributed by atoms with van der Waals surface area (Å²) in [5, 5.41) is 0. The number of likely N-dealkylation sites (N-methyl/N-ethyl adjacent to an activating group) is 1. The van der Waals surface area contributed by atoms with Gasteiger partial charge in [-0.3, -0.25) is 0 Å². The Hall–Kier alpha value is -0.860. The van der Waals surface area contributed by atoms with Gasteiger partial charge in [0, 0.05) is 6.54 Å². The van der Waals surface area contributed by atoms with Crippen LogP contribution in [0.5, 0.6) is 0 Å². The third-order valence-electron chi connectivity index (χ3n) is 3.25. The molecular formula is C15H26N2. The molecule has 1 aromatic rings. The van der Waals surface area contributed by atoms with Crippen molar-refractivity contribution >= 4 is 0 Å². The number of aryl methyl sites for hydroxylation is 2. The Labute approximate surface area is 106 Å². The fourth-order valence-electron chi connectivity index (χ4n) is 2.08. The van der Waals surface area contributed by atoms with Gasteiger partial charge in [-0.05, 0) is 64.4 Å². The highest BCUT2D eigenvalue weighted by atomic mass is 15.1. The first-order valence-electron chi connectivity index (χ1n) is 6.58. The lowest BCUT2D eigenvalue weighted by atomic mass is 10.0. The maximum Gasteiger partial charge on any atom is 0.00189 e. The molecule has 0 radical (unpaired) electrons. The fourth-order valence-corrected chi connectivity index (χ4v) is 2.08. The van der Waals surface area contributed by atoms with Gasteiger partial charge in [0.15, 0.2) is 0 Å². The normalized spacial score (nSPS) is 11.1. The molecule has 0 saturated heterocycles. The molecule has 0 bridgehead atoms. The molecule has 0 aliphatic rings. The first-order valence-corrected chi connectivity index (χ1v) is 6.58. The van der Waals surface area contributed by atoms with Crippen LogP contribution in [0.15, 0.2) is 18.2 Å². The quantitative estimate of drug-likeness (QED) is 0.735. The minimum absolute atomic E-state index is 0.810. The molecule has 0 amide bonds. The van der Waals surface area contributed by atoms with Crippen molar-refractivity contribution in [2.75, 3.05) is 26.7 Å². The number of unbranched alkanes of at least 4 members (excludes halogenated alkanes) is 1. The summed E-state index contributed by atoms with van der Waals surface area (Å²) in [6.45, 7) is 7.45. The highest BCUT2D eigenvalue weighted by Gasteiger charge is 2.02. The van der Waals surface area contributed by atoms with Gasteiger partial charge in [0.05, 0.1) is 0 Å². The maximum atomic E-state index is 5.50. The summed E-state index contributed by atoms with van der Waals surface area (Å²) in [5.74, 6) is 0. The molecule has 1 rings (SSSR count). The summed E-state index contributed by atoms with van der Waals surface area (Å²) in [5.41, 5.74) is 9.74. The van der Waals surface area contributed by atoms with E-state index in [1.165, 1.54) is 23.1 Å². The van der Waals surface area contributed by atoms with Crippen LogP contribution < -0.4 is 5.73 Å². The Bertz CT molecular complexity index is 334. The van der Waals surface area contributed by atoms with Crippen LogP contribution >= 0.6 is 0 Å². The van der Waals surface area contributed by atoms with Gasteiger partial charge in [-0.1, -0.05) is 23.8 Å². The van der Waals surface area contributed by atoms with E-state index in [1.54, 1.807) is 0 Å². The second-order valence-corrected chi connectivity index (χ2v) is 4.98. The van der Waals surface area contributed by atoms with Crippen LogP contribution in [0.3, 0.4) is 0 Å². The molecule has 2 nitrogen and oxygen atoms in total. The maximum absolute atomic E-state index is 5.50. The highest BCUT2D eigenvalue weighted by molar-refractivity contribution is 5.30. The number of benzene rings is 1. The Morgan fingerprint density at radius 2 is 1.88 bits per heavy atom. The minimum atomic E-state index is 0.810. The van der Waals surface area contributed by atoms with Crippen molar-refractivity contribution in [2.24, 2.45) is 5.73 Å². The second kappa shape index (κ2) is 7.46. The molecule has 2 heteroatoms. The Morgan fingerprint density at radius 3 is 2.53 bits per heavy atom. The van der Waals surface area contributed by atoms with E-state index in [-0.39, 0.29) is 0 Å². The SMILES string of the molecule is Cc1ccc(CCN(C)CCCCN)c(C)c1. The summed E-state index contributed by atoms with van der Waals surface area (Å²) < 4.78 is 0. The molecule has 0 spiro atoms. The van der Waals surface area contributed by atoms with Crippen molar-refractivity contribution in [1.29, 1.82) is 0 Å². The van der Waals surface area contributed by atoms with E-state index < -0.39 is 0 Å². The van der Waals surface area contributed by atoms with E-state index in [2.05, 4.69) is 44.0 Å². The van der Waals surface area contributed by atoms with E-state index in [0.29, 0.717) is 0 Å². The average molecular weight is 234 g/mol. The number of hydrogen-bond acceptors (Lipinski definition) is 2. The molecule has 0 fully saturated rings. The van der Waals surface area contributed by atoms with E-state index in [0.717, 1.165) is 32.5 Å². The Balaban J connectivity index is 2.34. The zero-order valence-corrected chi connectivity index (χ0v) is 11.5. The molecule has 0 aliphatic carbocycles. The van der Waals surface area contributed by atoms with E-state index in [4.69, 9.17) is 5.73 Å². The molecule has 96 valence electrons. The fraction of sp³-hybridized carbons (Fsp3) is 0.600.